The average molecular weight is 458 g/mol. The molecule has 164 valence electrons. The van der Waals surface area contributed by atoms with Crippen LogP contribution in [-0.2, 0) is 0 Å². The van der Waals surface area contributed by atoms with Crippen LogP contribution in [0.25, 0.3) is 10.2 Å². The van der Waals surface area contributed by atoms with Crippen LogP contribution in [0.1, 0.15) is 42.1 Å². The van der Waals surface area contributed by atoms with Gasteiger partial charge in [-0.1, -0.05) is 48.8 Å². The summed E-state index contributed by atoms with van der Waals surface area (Å²) in [5.74, 6) is 0.891. The number of aromatic nitrogens is 1. The van der Waals surface area contributed by atoms with Crippen molar-refractivity contribution >= 4 is 44.2 Å². The Kier molecular flexibility index (Phi) is 6.98. The largest absolute Gasteiger partial charge is 0.494 e. The molecule has 0 bridgehead atoms. The molecule has 0 saturated carbocycles. The van der Waals surface area contributed by atoms with Crippen molar-refractivity contribution in [1.29, 1.82) is 0 Å². The number of hydrogen-bond acceptors (Lipinski definition) is 5. The highest BCUT2D eigenvalue weighted by Gasteiger charge is 2.24. The first-order valence-electron chi connectivity index (χ1n) is 10.9. The van der Waals surface area contributed by atoms with E-state index in [1.165, 1.54) is 12.8 Å². The summed E-state index contributed by atoms with van der Waals surface area (Å²) in [6.45, 7) is 7.84. The highest BCUT2D eigenvalue weighted by Crippen LogP contribution is 2.35. The lowest BCUT2D eigenvalue weighted by Crippen LogP contribution is -2.48. The summed E-state index contributed by atoms with van der Waals surface area (Å²) in [5.41, 5.74) is 2.81. The summed E-state index contributed by atoms with van der Waals surface area (Å²) in [6, 6.07) is 11.4. The minimum Gasteiger partial charge on any atom is -0.494 e. The van der Waals surface area contributed by atoms with Crippen LogP contribution in [0.15, 0.2) is 36.4 Å². The number of halogens is 1. The van der Waals surface area contributed by atoms with Crippen LogP contribution in [0.4, 0.5) is 5.13 Å². The molecule has 4 rings (SSSR count). The van der Waals surface area contributed by atoms with E-state index in [0.717, 1.165) is 57.8 Å². The minimum atomic E-state index is 0.0698. The summed E-state index contributed by atoms with van der Waals surface area (Å²) < 4.78 is 6.78. The van der Waals surface area contributed by atoms with E-state index in [2.05, 4.69) is 18.7 Å². The average Bonchev–Trinajstić information content (AvgIpc) is 3.26. The van der Waals surface area contributed by atoms with Crippen LogP contribution in [-0.4, -0.2) is 48.6 Å². The van der Waals surface area contributed by atoms with E-state index in [-0.39, 0.29) is 5.91 Å². The summed E-state index contributed by atoms with van der Waals surface area (Å²) in [4.78, 5) is 21.9. The van der Waals surface area contributed by atoms with Crippen molar-refractivity contribution in [1.82, 2.24) is 9.88 Å². The van der Waals surface area contributed by atoms with E-state index < -0.39 is 0 Å². The first-order valence-corrected chi connectivity index (χ1v) is 12.1. The predicted octanol–water partition coefficient (Wildman–Crippen LogP) is 5.79. The number of piperazine rings is 1. The molecule has 2 aromatic carbocycles. The van der Waals surface area contributed by atoms with Crippen molar-refractivity contribution in [2.24, 2.45) is 0 Å². The van der Waals surface area contributed by atoms with Crippen molar-refractivity contribution in [2.45, 2.75) is 33.1 Å². The van der Waals surface area contributed by atoms with Gasteiger partial charge in [0.1, 0.15) is 5.75 Å². The number of carbonyl (C=O) groups is 1. The van der Waals surface area contributed by atoms with E-state index in [1.54, 1.807) is 11.3 Å². The van der Waals surface area contributed by atoms with Gasteiger partial charge in [0, 0.05) is 31.7 Å². The molecule has 3 aromatic rings. The lowest BCUT2D eigenvalue weighted by Gasteiger charge is -2.34. The van der Waals surface area contributed by atoms with E-state index in [0.29, 0.717) is 18.7 Å². The number of thiazole rings is 1. The third kappa shape index (κ3) is 4.96. The highest BCUT2D eigenvalue weighted by molar-refractivity contribution is 7.22. The Balaban J connectivity index is 1.35. The normalized spacial score (nSPS) is 14.3. The van der Waals surface area contributed by atoms with E-state index in [9.17, 15) is 4.79 Å². The first kappa shape index (κ1) is 21.9. The second kappa shape index (κ2) is 9.88. The maximum absolute atomic E-state index is 12.9. The molecular formula is C24H28ClN3O2S. The van der Waals surface area contributed by atoms with Gasteiger partial charge in [0.05, 0.1) is 21.8 Å². The summed E-state index contributed by atoms with van der Waals surface area (Å²) in [7, 11) is 0. The van der Waals surface area contributed by atoms with Crippen molar-refractivity contribution in [3.05, 3.63) is 52.5 Å². The zero-order valence-corrected chi connectivity index (χ0v) is 19.6. The summed E-state index contributed by atoms with van der Waals surface area (Å²) >= 11 is 7.98. The second-order valence-corrected chi connectivity index (χ2v) is 9.28. The Bertz CT molecular complexity index is 1000. The third-order valence-corrected chi connectivity index (χ3v) is 7.22. The van der Waals surface area contributed by atoms with E-state index in [1.807, 2.05) is 41.3 Å². The van der Waals surface area contributed by atoms with Crippen molar-refractivity contribution < 1.29 is 9.53 Å². The predicted molar refractivity (Wildman–Crippen MR) is 129 cm³/mol. The zero-order chi connectivity index (χ0) is 21.8. The van der Waals surface area contributed by atoms with Gasteiger partial charge < -0.3 is 14.5 Å². The molecular weight excluding hydrogens is 430 g/mol. The molecule has 1 saturated heterocycles. The van der Waals surface area contributed by atoms with Gasteiger partial charge in [-0.3, -0.25) is 4.79 Å². The van der Waals surface area contributed by atoms with E-state index >= 15 is 0 Å². The molecule has 1 fully saturated rings. The number of aryl methyl sites for hydroxylation is 1. The lowest BCUT2D eigenvalue weighted by atomic mass is 10.1. The molecule has 0 radical (unpaired) electrons. The maximum Gasteiger partial charge on any atom is 0.253 e. The Morgan fingerprint density at radius 3 is 2.52 bits per heavy atom. The summed E-state index contributed by atoms with van der Waals surface area (Å²) in [6.07, 6.45) is 3.41. The highest BCUT2D eigenvalue weighted by atomic mass is 35.5. The molecule has 1 aliphatic rings. The number of rotatable bonds is 7. The molecule has 7 heteroatoms. The Morgan fingerprint density at radius 2 is 1.84 bits per heavy atom. The number of nitrogens with zero attached hydrogens (tertiary/aromatic N) is 3. The SMILES string of the molecule is CCCCCOc1ccc(C(=O)N2CCN(c3nc4c(C)ccc(Cl)c4s3)CC2)cc1. The van der Waals surface area contributed by atoms with Crippen LogP contribution in [0.3, 0.4) is 0 Å². The number of benzene rings is 2. The number of anilines is 1. The third-order valence-electron chi connectivity index (χ3n) is 5.64. The van der Waals surface area contributed by atoms with E-state index in [4.69, 9.17) is 21.3 Å². The van der Waals surface area contributed by atoms with Gasteiger partial charge in [0.15, 0.2) is 5.13 Å². The van der Waals surface area contributed by atoms with Gasteiger partial charge in [-0.05, 0) is 49.2 Å². The molecule has 0 aliphatic carbocycles. The van der Waals surface area contributed by atoms with Crippen molar-refractivity contribution in [3.8, 4) is 5.75 Å². The Morgan fingerprint density at radius 1 is 1.10 bits per heavy atom. The molecule has 0 N–H and O–H groups in total. The fourth-order valence-corrected chi connectivity index (χ4v) is 5.11. The molecule has 31 heavy (non-hydrogen) atoms. The number of hydrogen-bond donors (Lipinski definition) is 0. The number of fused-ring (bicyclic) bond motifs is 1. The van der Waals surface area contributed by atoms with Crippen LogP contribution in [0.5, 0.6) is 5.75 Å². The molecule has 2 heterocycles. The van der Waals surface area contributed by atoms with Crippen molar-refractivity contribution in [2.75, 3.05) is 37.7 Å². The number of ether oxygens (including phenoxy) is 1. The lowest BCUT2D eigenvalue weighted by molar-refractivity contribution is 0.0746. The number of carbonyl (C=O) groups excluding carboxylic acids is 1. The topological polar surface area (TPSA) is 45.7 Å². The standard InChI is InChI=1S/C24H28ClN3O2S/c1-3-4-5-16-30-19-9-7-18(8-10-19)23(29)27-12-14-28(15-13-27)24-26-21-17(2)6-11-20(25)22(21)31-24/h6-11H,3-5,12-16H2,1-2H3. The fraction of sp³-hybridized carbons (Fsp3) is 0.417. The van der Waals surface area contributed by atoms with Gasteiger partial charge in [-0.25, -0.2) is 4.98 Å². The fourth-order valence-electron chi connectivity index (χ4n) is 3.75. The van der Waals surface area contributed by atoms with Crippen LogP contribution in [0.2, 0.25) is 5.02 Å². The van der Waals surface area contributed by atoms with Gasteiger partial charge in [-0.2, -0.15) is 0 Å². The Labute approximate surface area is 192 Å². The smallest absolute Gasteiger partial charge is 0.253 e. The summed E-state index contributed by atoms with van der Waals surface area (Å²) in [5, 5.41) is 1.72. The molecule has 5 nitrogen and oxygen atoms in total. The number of unbranched alkanes of at least 4 members (excludes halogenated alkanes) is 2. The first-order chi connectivity index (χ1) is 15.1. The minimum absolute atomic E-state index is 0.0698. The number of amides is 1. The van der Waals surface area contributed by atoms with Crippen LogP contribution in [0, 0.1) is 6.92 Å². The molecule has 1 aliphatic heterocycles. The zero-order valence-electron chi connectivity index (χ0n) is 18.1. The maximum atomic E-state index is 12.9. The molecule has 1 amide bonds. The van der Waals surface area contributed by atoms with Crippen molar-refractivity contribution in [3.63, 3.8) is 0 Å². The molecule has 0 spiro atoms. The quantitative estimate of drug-likeness (QED) is 0.421. The van der Waals surface area contributed by atoms with Gasteiger partial charge in [-0.15, -0.1) is 0 Å². The van der Waals surface area contributed by atoms with Gasteiger partial charge in [0.25, 0.3) is 5.91 Å². The molecule has 1 aromatic heterocycles. The van der Waals surface area contributed by atoms with Crippen LogP contribution < -0.4 is 9.64 Å². The second-order valence-electron chi connectivity index (χ2n) is 7.90. The molecule has 0 unspecified atom stereocenters. The van der Waals surface area contributed by atoms with Crippen LogP contribution >= 0.6 is 22.9 Å². The monoisotopic (exact) mass is 457 g/mol. The van der Waals surface area contributed by atoms with Gasteiger partial charge >= 0.3 is 0 Å². The molecule has 0 atom stereocenters. The van der Waals surface area contributed by atoms with Gasteiger partial charge in [0.2, 0.25) is 0 Å². The Hall–Kier alpha value is -2.31.